The summed E-state index contributed by atoms with van der Waals surface area (Å²) in [6, 6.07) is 11.9. The van der Waals surface area contributed by atoms with Gasteiger partial charge in [-0.05, 0) is 41.8 Å². The van der Waals surface area contributed by atoms with Crippen molar-refractivity contribution in [2.75, 3.05) is 0 Å². The van der Waals surface area contributed by atoms with E-state index in [9.17, 15) is 4.91 Å². The van der Waals surface area contributed by atoms with Gasteiger partial charge in [0.2, 0.25) is 5.89 Å². The summed E-state index contributed by atoms with van der Waals surface area (Å²) in [7, 11) is 0. The van der Waals surface area contributed by atoms with Gasteiger partial charge in [0, 0.05) is 17.3 Å². The fourth-order valence-corrected chi connectivity index (χ4v) is 3.00. The number of nitrogens with zero attached hydrogens (tertiary/aromatic N) is 5. The van der Waals surface area contributed by atoms with Crippen LogP contribution in [0.4, 0.5) is 5.69 Å². The van der Waals surface area contributed by atoms with Crippen molar-refractivity contribution < 1.29 is 4.42 Å². The van der Waals surface area contributed by atoms with Gasteiger partial charge in [-0.15, -0.1) is 15.1 Å². The first-order chi connectivity index (χ1) is 13.2. The highest BCUT2D eigenvalue weighted by molar-refractivity contribution is 5.95. The number of aryl methyl sites for hydroxylation is 2. The van der Waals surface area contributed by atoms with Crippen LogP contribution in [-0.4, -0.2) is 20.2 Å². The lowest BCUT2D eigenvalue weighted by Gasteiger charge is -2.05. The van der Waals surface area contributed by atoms with E-state index in [0.717, 1.165) is 23.1 Å². The molecule has 0 saturated carbocycles. The lowest BCUT2D eigenvalue weighted by molar-refractivity contribution is 0.516. The molecule has 4 rings (SSSR count). The largest absolute Gasteiger partial charge is 0.419 e. The summed E-state index contributed by atoms with van der Waals surface area (Å²) >= 11 is 0. The van der Waals surface area contributed by atoms with Gasteiger partial charge < -0.3 is 4.42 Å². The summed E-state index contributed by atoms with van der Waals surface area (Å²) in [5.74, 6) is 0.618. The van der Waals surface area contributed by atoms with Crippen molar-refractivity contribution in [2.45, 2.75) is 26.7 Å². The topological polar surface area (TPSA) is 94.1 Å². The van der Waals surface area contributed by atoms with Gasteiger partial charge in [-0.3, -0.25) is 4.98 Å². The average Bonchev–Trinajstić information content (AvgIpc) is 3.17. The summed E-state index contributed by atoms with van der Waals surface area (Å²) in [6.45, 7) is 3.96. The Bertz CT molecular complexity index is 1120. The van der Waals surface area contributed by atoms with Crippen LogP contribution in [0.1, 0.15) is 29.6 Å². The SMILES string of the molecule is CCc1ccc(Cc2nnc(-c3nc(C)c4cccnc4c3N=O)o2)cc1. The molecule has 0 atom stereocenters. The fourth-order valence-electron chi connectivity index (χ4n) is 3.00. The molecule has 0 unspecified atom stereocenters. The van der Waals surface area contributed by atoms with Gasteiger partial charge in [-0.25, -0.2) is 4.98 Å². The molecule has 4 aromatic rings. The molecule has 27 heavy (non-hydrogen) atoms. The Hall–Kier alpha value is -3.48. The smallest absolute Gasteiger partial charge is 0.268 e. The van der Waals surface area contributed by atoms with Gasteiger partial charge in [0.05, 0.1) is 6.42 Å². The number of hydrogen-bond donors (Lipinski definition) is 0. The van der Waals surface area contributed by atoms with Gasteiger partial charge in [0.1, 0.15) is 5.52 Å². The molecular weight excluding hydrogens is 342 g/mol. The average molecular weight is 359 g/mol. The van der Waals surface area contributed by atoms with E-state index in [1.54, 1.807) is 12.3 Å². The molecule has 1 aromatic carbocycles. The maximum atomic E-state index is 11.5. The van der Waals surface area contributed by atoms with Crippen molar-refractivity contribution in [1.82, 2.24) is 20.2 Å². The Morgan fingerprint density at radius 2 is 1.85 bits per heavy atom. The first-order valence-electron chi connectivity index (χ1n) is 8.69. The fraction of sp³-hybridized carbons (Fsp3) is 0.200. The van der Waals surface area contributed by atoms with Crippen LogP contribution in [0.2, 0.25) is 0 Å². The van der Waals surface area contributed by atoms with Crippen molar-refractivity contribution in [1.29, 1.82) is 0 Å². The lowest BCUT2D eigenvalue weighted by Crippen LogP contribution is -1.93. The Balaban J connectivity index is 1.71. The number of benzene rings is 1. The van der Waals surface area contributed by atoms with E-state index in [4.69, 9.17) is 4.42 Å². The summed E-state index contributed by atoms with van der Waals surface area (Å²) in [4.78, 5) is 20.2. The standard InChI is InChI=1S/C20H17N5O2/c1-3-13-6-8-14(9-7-13)11-16-23-24-20(27-16)19-18(25-26)17-15(12(2)22-19)5-4-10-21-17/h4-10H,3,11H2,1-2H3. The third-order valence-corrected chi connectivity index (χ3v) is 4.47. The molecule has 0 fully saturated rings. The summed E-state index contributed by atoms with van der Waals surface area (Å²) in [5.41, 5.74) is 3.91. The minimum Gasteiger partial charge on any atom is -0.419 e. The highest BCUT2D eigenvalue weighted by Crippen LogP contribution is 2.34. The number of rotatable bonds is 5. The third-order valence-electron chi connectivity index (χ3n) is 4.47. The van der Waals surface area contributed by atoms with E-state index in [1.807, 2.05) is 25.1 Å². The zero-order chi connectivity index (χ0) is 18.8. The van der Waals surface area contributed by atoms with E-state index < -0.39 is 0 Å². The lowest BCUT2D eigenvalue weighted by atomic mass is 10.1. The molecule has 0 saturated heterocycles. The van der Waals surface area contributed by atoms with Crippen LogP contribution in [0.5, 0.6) is 0 Å². The Labute approximate surface area is 155 Å². The van der Waals surface area contributed by atoms with Crippen LogP contribution in [-0.2, 0) is 12.8 Å². The summed E-state index contributed by atoms with van der Waals surface area (Å²) < 4.78 is 5.77. The van der Waals surface area contributed by atoms with Gasteiger partial charge >= 0.3 is 0 Å². The van der Waals surface area contributed by atoms with Crippen LogP contribution in [0.25, 0.3) is 22.5 Å². The van der Waals surface area contributed by atoms with E-state index in [0.29, 0.717) is 17.8 Å². The van der Waals surface area contributed by atoms with Gasteiger partial charge in [0.25, 0.3) is 5.89 Å². The number of aromatic nitrogens is 4. The van der Waals surface area contributed by atoms with E-state index in [-0.39, 0.29) is 17.3 Å². The Morgan fingerprint density at radius 1 is 1.07 bits per heavy atom. The predicted molar refractivity (Wildman–Crippen MR) is 102 cm³/mol. The highest BCUT2D eigenvalue weighted by Gasteiger charge is 2.20. The summed E-state index contributed by atoms with van der Waals surface area (Å²) in [6.07, 6.45) is 3.11. The molecule has 3 heterocycles. The molecule has 0 aliphatic rings. The van der Waals surface area contributed by atoms with E-state index >= 15 is 0 Å². The zero-order valence-electron chi connectivity index (χ0n) is 15.0. The van der Waals surface area contributed by atoms with Gasteiger partial charge in [-0.2, -0.15) is 0 Å². The molecule has 0 aliphatic carbocycles. The first-order valence-corrected chi connectivity index (χ1v) is 8.69. The molecule has 134 valence electrons. The number of pyridine rings is 2. The Morgan fingerprint density at radius 3 is 2.59 bits per heavy atom. The molecule has 0 radical (unpaired) electrons. The maximum Gasteiger partial charge on any atom is 0.268 e. The van der Waals surface area contributed by atoms with Crippen molar-refractivity contribution in [3.05, 3.63) is 70.2 Å². The highest BCUT2D eigenvalue weighted by atomic mass is 16.4. The third kappa shape index (κ3) is 3.19. The minimum absolute atomic E-state index is 0.110. The van der Waals surface area contributed by atoms with Crippen molar-refractivity contribution in [3.63, 3.8) is 0 Å². The van der Waals surface area contributed by atoms with Crippen molar-refractivity contribution in [3.8, 4) is 11.6 Å². The monoisotopic (exact) mass is 359 g/mol. The number of nitroso groups, excluding NO2 is 1. The molecule has 3 aromatic heterocycles. The number of fused-ring (bicyclic) bond motifs is 1. The second kappa shape index (κ2) is 7.03. The zero-order valence-corrected chi connectivity index (χ0v) is 15.0. The van der Waals surface area contributed by atoms with Crippen LogP contribution < -0.4 is 0 Å². The number of hydrogen-bond acceptors (Lipinski definition) is 7. The van der Waals surface area contributed by atoms with E-state index in [1.165, 1.54) is 5.56 Å². The molecule has 0 bridgehead atoms. The first kappa shape index (κ1) is 17.0. The molecule has 0 aliphatic heterocycles. The van der Waals surface area contributed by atoms with Gasteiger partial charge in [0.15, 0.2) is 11.4 Å². The molecule has 7 heteroatoms. The normalized spacial score (nSPS) is 11.0. The molecule has 7 nitrogen and oxygen atoms in total. The van der Waals surface area contributed by atoms with Crippen LogP contribution >= 0.6 is 0 Å². The van der Waals surface area contributed by atoms with Crippen LogP contribution in [0.15, 0.2) is 52.2 Å². The summed E-state index contributed by atoms with van der Waals surface area (Å²) in [5, 5.41) is 12.1. The second-order valence-corrected chi connectivity index (χ2v) is 6.23. The van der Waals surface area contributed by atoms with Crippen LogP contribution in [0.3, 0.4) is 0 Å². The molecule has 0 spiro atoms. The second-order valence-electron chi connectivity index (χ2n) is 6.23. The molecule has 0 N–H and O–H groups in total. The quantitative estimate of drug-likeness (QED) is 0.486. The van der Waals surface area contributed by atoms with Gasteiger partial charge in [-0.1, -0.05) is 31.2 Å². The minimum atomic E-state index is 0.110. The van der Waals surface area contributed by atoms with Crippen molar-refractivity contribution >= 4 is 16.6 Å². The Kier molecular flexibility index (Phi) is 4.42. The van der Waals surface area contributed by atoms with Crippen molar-refractivity contribution in [2.24, 2.45) is 5.18 Å². The van der Waals surface area contributed by atoms with Crippen LogP contribution in [0, 0.1) is 11.8 Å². The molecule has 0 amide bonds. The van der Waals surface area contributed by atoms with E-state index in [2.05, 4.69) is 44.4 Å². The predicted octanol–water partition coefficient (Wildman–Crippen LogP) is 4.54. The maximum absolute atomic E-state index is 11.5. The molecular formula is C20H17N5O2.